The normalized spacial score (nSPS) is 19.5. The van der Waals surface area contributed by atoms with Gasteiger partial charge in [0.05, 0.1) is 0 Å². The third-order valence-electron chi connectivity index (χ3n) is 2.50. The number of benzene rings is 1. The maximum absolute atomic E-state index is 5.94. The number of halogens is 1. The largest absolute Gasteiger partial charge is 0.381 e. The second kappa shape index (κ2) is 5.10. The van der Waals surface area contributed by atoms with Crippen LogP contribution in [0.4, 0.5) is 5.69 Å². The van der Waals surface area contributed by atoms with Gasteiger partial charge in [-0.2, -0.15) is 0 Å². The van der Waals surface area contributed by atoms with Crippen LogP contribution in [0.25, 0.3) is 0 Å². The van der Waals surface area contributed by atoms with Crippen LogP contribution < -0.4 is 11.1 Å². The quantitative estimate of drug-likeness (QED) is 0.856. The molecule has 4 heteroatoms. The fourth-order valence-corrected chi connectivity index (χ4v) is 3.07. The van der Waals surface area contributed by atoms with Gasteiger partial charge in [0, 0.05) is 27.4 Å². The molecule has 0 saturated carbocycles. The molecule has 0 amide bonds. The first-order chi connectivity index (χ1) is 7.29. The van der Waals surface area contributed by atoms with Gasteiger partial charge in [0.1, 0.15) is 0 Å². The van der Waals surface area contributed by atoms with Gasteiger partial charge in [-0.1, -0.05) is 11.6 Å². The lowest BCUT2D eigenvalue weighted by atomic mass is 10.1. The standard InChI is InChI=1S/C11H15ClN2S/c12-8-3-4-10-11(6-8)15-7-9(14-10)2-1-5-13/h3-4,6,9,14H,1-2,5,7,13H2. The first-order valence-corrected chi connectivity index (χ1v) is 6.55. The molecule has 0 aromatic heterocycles. The van der Waals surface area contributed by atoms with E-state index in [1.165, 1.54) is 10.6 Å². The number of hydrogen-bond acceptors (Lipinski definition) is 3. The molecule has 15 heavy (non-hydrogen) atoms. The molecule has 1 aromatic rings. The van der Waals surface area contributed by atoms with Crippen molar-refractivity contribution in [2.75, 3.05) is 17.6 Å². The van der Waals surface area contributed by atoms with Crippen LogP contribution in [0, 0.1) is 0 Å². The van der Waals surface area contributed by atoms with Crippen LogP contribution in [-0.2, 0) is 0 Å². The first kappa shape index (κ1) is 11.1. The number of fused-ring (bicyclic) bond motifs is 1. The van der Waals surface area contributed by atoms with Gasteiger partial charge < -0.3 is 11.1 Å². The highest BCUT2D eigenvalue weighted by atomic mass is 35.5. The summed E-state index contributed by atoms with van der Waals surface area (Å²) in [6.45, 7) is 0.774. The Morgan fingerprint density at radius 3 is 3.20 bits per heavy atom. The number of nitrogens with two attached hydrogens (primary N) is 1. The molecule has 0 fully saturated rings. The lowest BCUT2D eigenvalue weighted by Crippen LogP contribution is -2.26. The van der Waals surface area contributed by atoms with E-state index in [2.05, 4.69) is 11.4 Å². The summed E-state index contributed by atoms with van der Waals surface area (Å²) in [5.74, 6) is 1.10. The van der Waals surface area contributed by atoms with Gasteiger partial charge in [-0.25, -0.2) is 0 Å². The molecule has 0 saturated heterocycles. The van der Waals surface area contributed by atoms with Crippen molar-refractivity contribution in [1.82, 2.24) is 0 Å². The Bertz CT molecular complexity index is 343. The fourth-order valence-electron chi connectivity index (χ4n) is 1.71. The number of hydrogen-bond donors (Lipinski definition) is 2. The molecule has 1 aromatic carbocycles. The summed E-state index contributed by atoms with van der Waals surface area (Å²) in [5, 5.41) is 4.33. The highest BCUT2D eigenvalue weighted by molar-refractivity contribution is 7.99. The van der Waals surface area contributed by atoms with Crippen molar-refractivity contribution in [3.63, 3.8) is 0 Å². The van der Waals surface area contributed by atoms with Gasteiger partial charge in [0.25, 0.3) is 0 Å². The number of nitrogens with one attached hydrogen (secondary N) is 1. The van der Waals surface area contributed by atoms with Crippen molar-refractivity contribution in [2.24, 2.45) is 5.73 Å². The van der Waals surface area contributed by atoms with E-state index >= 15 is 0 Å². The highest BCUT2D eigenvalue weighted by Crippen LogP contribution is 2.35. The third-order valence-corrected chi connectivity index (χ3v) is 3.95. The Morgan fingerprint density at radius 1 is 1.53 bits per heavy atom. The van der Waals surface area contributed by atoms with Crippen LogP contribution in [0.5, 0.6) is 0 Å². The number of thioether (sulfide) groups is 1. The van der Waals surface area contributed by atoms with E-state index in [0.717, 1.165) is 30.2 Å². The van der Waals surface area contributed by atoms with Crippen LogP contribution >= 0.6 is 23.4 Å². The first-order valence-electron chi connectivity index (χ1n) is 5.18. The average Bonchev–Trinajstić information content (AvgIpc) is 2.26. The Morgan fingerprint density at radius 2 is 2.40 bits per heavy atom. The molecule has 1 aliphatic heterocycles. The van der Waals surface area contributed by atoms with Crippen LogP contribution in [0.2, 0.25) is 5.02 Å². The molecular formula is C11H15ClN2S. The van der Waals surface area contributed by atoms with Gasteiger partial charge in [-0.15, -0.1) is 11.8 Å². The number of rotatable bonds is 3. The molecule has 0 bridgehead atoms. The van der Waals surface area contributed by atoms with Gasteiger partial charge in [0.15, 0.2) is 0 Å². The molecule has 1 heterocycles. The molecule has 0 spiro atoms. The zero-order chi connectivity index (χ0) is 10.7. The second-order valence-electron chi connectivity index (χ2n) is 3.72. The minimum Gasteiger partial charge on any atom is -0.381 e. The predicted molar refractivity (Wildman–Crippen MR) is 67.9 cm³/mol. The van der Waals surface area contributed by atoms with Crippen molar-refractivity contribution in [3.05, 3.63) is 23.2 Å². The molecule has 2 nitrogen and oxygen atoms in total. The zero-order valence-electron chi connectivity index (χ0n) is 8.50. The third kappa shape index (κ3) is 2.80. The van der Waals surface area contributed by atoms with Crippen LogP contribution in [0.15, 0.2) is 23.1 Å². The summed E-state index contributed by atoms with van der Waals surface area (Å²) in [6.07, 6.45) is 2.23. The molecule has 0 aliphatic carbocycles. The van der Waals surface area contributed by atoms with Crippen LogP contribution in [-0.4, -0.2) is 18.3 Å². The minimum atomic E-state index is 0.548. The predicted octanol–water partition coefficient (Wildman–Crippen LogP) is 2.97. The smallest absolute Gasteiger partial charge is 0.0481 e. The van der Waals surface area contributed by atoms with Gasteiger partial charge >= 0.3 is 0 Å². The van der Waals surface area contributed by atoms with Crippen molar-refractivity contribution in [3.8, 4) is 0 Å². The van der Waals surface area contributed by atoms with E-state index in [1.54, 1.807) is 0 Å². The zero-order valence-corrected chi connectivity index (χ0v) is 10.1. The van der Waals surface area contributed by atoms with E-state index in [0.29, 0.717) is 6.04 Å². The highest BCUT2D eigenvalue weighted by Gasteiger charge is 2.17. The minimum absolute atomic E-state index is 0.548. The monoisotopic (exact) mass is 242 g/mol. The molecule has 1 unspecified atom stereocenters. The van der Waals surface area contributed by atoms with E-state index in [4.69, 9.17) is 17.3 Å². The van der Waals surface area contributed by atoms with Crippen molar-refractivity contribution in [1.29, 1.82) is 0 Å². The van der Waals surface area contributed by atoms with E-state index < -0.39 is 0 Å². The SMILES string of the molecule is NCCCC1CSc2cc(Cl)ccc2N1. The average molecular weight is 243 g/mol. The topological polar surface area (TPSA) is 38.0 Å². The van der Waals surface area contributed by atoms with Gasteiger partial charge in [-0.3, -0.25) is 0 Å². The van der Waals surface area contributed by atoms with E-state index in [1.807, 2.05) is 23.9 Å². The van der Waals surface area contributed by atoms with Gasteiger partial charge in [-0.05, 0) is 37.6 Å². The molecule has 3 N–H and O–H groups in total. The van der Waals surface area contributed by atoms with Crippen molar-refractivity contribution in [2.45, 2.75) is 23.8 Å². The van der Waals surface area contributed by atoms with E-state index in [9.17, 15) is 0 Å². The van der Waals surface area contributed by atoms with Crippen LogP contribution in [0.1, 0.15) is 12.8 Å². The Kier molecular flexibility index (Phi) is 3.78. The molecule has 1 atom stereocenters. The van der Waals surface area contributed by atoms with Crippen molar-refractivity contribution < 1.29 is 0 Å². The summed E-state index contributed by atoms with van der Waals surface area (Å²) in [4.78, 5) is 1.26. The number of anilines is 1. The molecular weight excluding hydrogens is 228 g/mol. The van der Waals surface area contributed by atoms with Gasteiger partial charge in [0.2, 0.25) is 0 Å². The summed E-state index contributed by atoms with van der Waals surface area (Å²) in [6, 6.07) is 6.55. The maximum atomic E-state index is 5.94. The van der Waals surface area contributed by atoms with Crippen molar-refractivity contribution >= 4 is 29.1 Å². The molecule has 82 valence electrons. The fraction of sp³-hybridized carbons (Fsp3) is 0.455. The van der Waals surface area contributed by atoms with E-state index in [-0.39, 0.29) is 0 Å². The Hall–Kier alpha value is -0.380. The second-order valence-corrected chi connectivity index (χ2v) is 5.22. The summed E-state index contributed by atoms with van der Waals surface area (Å²) in [7, 11) is 0. The summed E-state index contributed by atoms with van der Waals surface area (Å²) >= 11 is 7.81. The molecule has 0 radical (unpaired) electrons. The summed E-state index contributed by atoms with van der Waals surface area (Å²) < 4.78 is 0. The summed E-state index contributed by atoms with van der Waals surface area (Å²) in [5.41, 5.74) is 6.71. The lowest BCUT2D eigenvalue weighted by Gasteiger charge is -2.26. The maximum Gasteiger partial charge on any atom is 0.0481 e. The lowest BCUT2D eigenvalue weighted by molar-refractivity contribution is 0.664. The molecule has 1 aliphatic rings. The van der Waals surface area contributed by atoms with Crippen LogP contribution in [0.3, 0.4) is 0 Å². The Balaban J connectivity index is 2.03. The molecule has 2 rings (SSSR count). The Labute approximate surface area is 99.6 Å².